The summed E-state index contributed by atoms with van der Waals surface area (Å²) in [5.74, 6) is -1.07. The zero-order valence-corrected chi connectivity index (χ0v) is 17.8. The molecule has 0 bridgehead atoms. The van der Waals surface area contributed by atoms with Crippen molar-refractivity contribution in [1.29, 1.82) is 0 Å². The number of nitrogens with zero attached hydrogens (tertiary/aromatic N) is 1. The Balaban J connectivity index is 1.89. The lowest BCUT2D eigenvalue weighted by atomic mass is 9.94. The lowest BCUT2D eigenvalue weighted by Gasteiger charge is -2.27. The molecule has 6 nitrogen and oxygen atoms in total. The van der Waals surface area contributed by atoms with Gasteiger partial charge in [0.15, 0.2) is 0 Å². The lowest BCUT2D eigenvalue weighted by molar-refractivity contribution is -0.137. The second kappa shape index (κ2) is 9.80. The van der Waals surface area contributed by atoms with E-state index in [9.17, 15) is 18.6 Å². The zero-order chi connectivity index (χ0) is 21.7. The first-order chi connectivity index (χ1) is 14.5. The third-order valence-electron chi connectivity index (χ3n) is 5.11. The van der Waals surface area contributed by atoms with Crippen LogP contribution in [0.4, 0.5) is 0 Å². The molecule has 1 atom stereocenters. The molecular weight excluding hydrogens is 402 g/mol. The van der Waals surface area contributed by atoms with Crippen molar-refractivity contribution in [2.45, 2.75) is 37.5 Å². The molecule has 0 saturated heterocycles. The van der Waals surface area contributed by atoms with Gasteiger partial charge in [-0.1, -0.05) is 44.9 Å². The van der Waals surface area contributed by atoms with Gasteiger partial charge in [0.05, 0.1) is 16.6 Å². The van der Waals surface area contributed by atoms with Crippen LogP contribution in [0.3, 0.4) is 0 Å². The average molecular weight is 428 g/mol. The van der Waals surface area contributed by atoms with Gasteiger partial charge in [-0.05, 0) is 30.0 Å². The van der Waals surface area contributed by atoms with Gasteiger partial charge in [-0.25, -0.2) is 4.79 Å². The third-order valence-corrected chi connectivity index (χ3v) is 6.50. The number of benzene rings is 2. The summed E-state index contributed by atoms with van der Waals surface area (Å²) < 4.78 is 17.7. The highest BCUT2D eigenvalue weighted by Crippen LogP contribution is 2.33. The van der Waals surface area contributed by atoms with Crippen molar-refractivity contribution in [3.05, 3.63) is 54.1 Å². The molecule has 0 radical (unpaired) electrons. The second-order valence-electron chi connectivity index (χ2n) is 7.08. The van der Waals surface area contributed by atoms with Crippen LogP contribution in [0.15, 0.2) is 47.9 Å². The fourth-order valence-electron chi connectivity index (χ4n) is 3.60. The maximum Gasteiger partial charge on any atom is 0.330 e. The van der Waals surface area contributed by atoms with Crippen molar-refractivity contribution >= 4 is 39.4 Å². The molecule has 7 heteroatoms. The van der Waals surface area contributed by atoms with Crippen molar-refractivity contribution in [2.24, 2.45) is 0 Å². The molecule has 1 unspecified atom stereocenters. The van der Waals surface area contributed by atoms with Crippen molar-refractivity contribution < 1.29 is 23.3 Å². The van der Waals surface area contributed by atoms with Crippen LogP contribution in [0.1, 0.15) is 53.3 Å². The molecule has 1 heterocycles. The van der Waals surface area contributed by atoms with E-state index in [1.807, 2.05) is 0 Å². The average Bonchev–Trinajstić information content (AvgIpc) is 2.76. The summed E-state index contributed by atoms with van der Waals surface area (Å²) in [4.78, 5) is 39.0. The molecule has 2 aromatic carbocycles. The van der Waals surface area contributed by atoms with Crippen LogP contribution in [0.5, 0.6) is 0 Å². The molecule has 0 aliphatic carbocycles. The molecule has 2 aromatic rings. The molecule has 1 aliphatic heterocycles. The van der Waals surface area contributed by atoms with Crippen molar-refractivity contribution in [1.82, 2.24) is 4.90 Å². The topological polar surface area (TPSA) is 80.8 Å². The molecule has 0 spiro atoms. The number of carbonyl (C=O) groups excluding carboxylic acids is 3. The van der Waals surface area contributed by atoms with Gasteiger partial charge < -0.3 is 4.74 Å². The van der Waals surface area contributed by atoms with Crippen LogP contribution in [0.25, 0.3) is 10.8 Å². The van der Waals surface area contributed by atoms with Gasteiger partial charge >= 0.3 is 5.97 Å². The predicted octanol–water partition coefficient (Wildman–Crippen LogP) is 3.85. The number of imide groups is 1. The Morgan fingerprint density at radius 2 is 1.83 bits per heavy atom. The number of ether oxygens (including phenoxy) is 1. The molecule has 158 valence electrons. The Bertz CT molecular complexity index is 1010. The Kier molecular flexibility index (Phi) is 7.15. The van der Waals surface area contributed by atoms with E-state index in [1.54, 1.807) is 30.3 Å². The summed E-state index contributed by atoms with van der Waals surface area (Å²) in [5, 5.41) is 1.16. The minimum Gasteiger partial charge on any atom is -0.462 e. The van der Waals surface area contributed by atoms with E-state index >= 15 is 0 Å². The highest BCUT2D eigenvalue weighted by atomic mass is 32.2. The van der Waals surface area contributed by atoms with Gasteiger partial charge in [-0.15, -0.1) is 0 Å². The minimum absolute atomic E-state index is 0.0101. The first-order valence-electron chi connectivity index (χ1n) is 10.1. The van der Waals surface area contributed by atoms with Gasteiger partial charge in [-0.2, -0.15) is 0 Å². The first kappa shape index (κ1) is 21.9. The Labute approximate surface area is 178 Å². The number of rotatable bonds is 10. The molecule has 0 N–H and O–H groups in total. The van der Waals surface area contributed by atoms with Crippen LogP contribution < -0.4 is 0 Å². The van der Waals surface area contributed by atoms with E-state index < -0.39 is 16.8 Å². The number of unbranched alkanes of at least 4 members (excludes halogenated alkanes) is 3. The van der Waals surface area contributed by atoms with Gasteiger partial charge in [0, 0.05) is 34.0 Å². The third kappa shape index (κ3) is 4.36. The Morgan fingerprint density at radius 1 is 1.10 bits per heavy atom. The smallest absolute Gasteiger partial charge is 0.330 e. The maximum absolute atomic E-state index is 13.0. The zero-order valence-electron chi connectivity index (χ0n) is 17.0. The van der Waals surface area contributed by atoms with E-state index in [1.165, 1.54) is 4.90 Å². The van der Waals surface area contributed by atoms with Crippen LogP contribution >= 0.6 is 0 Å². The SMILES string of the molecule is C=CC(=O)OCCS(=O)c1ccc2c3c(cccc13)C(=O)N(CCCCCC)C2=O. The fraction of sp³-hybridized carbons (Fsp3) is 0.348. The van der Waals surface area contributed by atoms with Crippen LogP contribution in [0.2, 0.25) is 0 Å². The van der Waals surface area contributed by atoms with E-state index in [0.29, 0.717) is 33.3 Å². The number of hydrogen-bond donors (Lipinski definition) is 0. The predicted molar refractivity (Wildman–Crippen MR) is 116 cm³/mol. The summed E-state index contributed by atoms with van der Waals surface area (Å²) in [6.45, 7) is 5.82. The molecule has 30 heavy (non-hydrogen) atoms. The van der Waals surface area contributed by atoms with Gasteiger partial charge in [0.1, 0.15) is 6.61 Å². The lowest BCUT2D eigenvalue weighted by Crippen LogP contribution is -2.41. The number of esters is 1. The van der Waals surface area contributed by atoms with Crippen molar-refractivity contribution in [2.75, 3.05) is 18.9 Å². The number of amides is 2. The molecule has 1 aliphatic rings. The monoisotopic (exact) mass is 427 g/mol. The summed E-state index contributed by atoms with van der Waals surface area (Å²) in [5.41, 5.74) is 0.907. The largest absolute Gasteiger partial charge is 0.462 e. The number of hydrogen-bond acceptors (Lipinski definition) is 5. The van der Waals surface area contributed by atoms with Gasteiger partial charge in [0.2, 0.25) is 0 Å². The molecule has 3 rings (SSSR count). The van der Waals surface area contributed by atoms with Crippen molar-refractivity contribution in [3.8, 4) is 0 Å². The van der Waals surface area contributed by atoms with E-state index in [2.05, 4.69) is 13.5 Å². The highest BCUT2D eigenvalue weighted by Gasteiger charge is 2.33. The van der Waals surface area contributed by atoms with E-state index in [0.717, 1.165) is 31.8 Å². The highest BCUT2D eigenvalue weighted by molar-refractivity contribution is 7.85. The summed E-state index contributed by atoms with van der Waals surface area (Å²) >= 11 is 0. The molecule has 0 aromatic heterocycles. The molecular formula is C23H25NO5S. The maximum atomic E-state index is 13.0. The van der Waals surface area contributed by atoms with E-state index in [-0.39, 0.29) is 24.2 Å². The van der Waals surface area contributed by atoms with Crippen LogP contribution in [0, 0.1) is 0 Å². The number of carbonyl (C=O) groups is 3. The van der Waals surface area contributed by atoms with Crippen LogP contribution in [-0.4, -0.2) is 45.8 Å². The summed E-state index contributed by atoms with van der Waals surface area (Å²) in [7, 11) is -1.46. The van der Waals surface area contributed by atoms with Gasteiger partial charge in [0.25, 0.3) is 11.8 Å². The molecule has 0 fully saturated rings. The molecule has 2 amide bonds. The second-order valence-corrected chi connectivity index (χ2v) is 8.62. The summed E-state index contributed by atoms with van der Waals surface area (Å²) in [6.07, 6.45) is 4.95. The van der Waals surface area contributed by atoms with Crippen LogP contribution in [-0.2, 0) is 20.3 Å². The van der Waals surface area contributed by atoms with Gasteiger partial charge in [-0.3, -0.25) is 18.7 Å². The Morgan fingerprint density at radius 3 is 2.53 bits per heavy atom. The minimum atomic E-state index is -1.46. The first-order valence-corrected chi connectivity index (χ1v) is 11.4. The van der Waals surface area contributed by atoms with Crippen molar-refractivity contribution in [3.63, 3.8) is 0 Å². The fourth-order valence-corrected chi connectivity index (χ4v) is 4.69. The van der Waals surface area contributed by atoms with E-state index in [4.69, 9.17) is 4.74 Å². The standard InChI is InChI=1S/C23H25NO5S/c1-3-5-6-7-13-24-22(26)17-10-8-9-16-19(12-11-18(21(16)17)23(24)27)30(28)15-14-29-20(25)4-2/h4,8-12H,2-3,5-7,13-15H2,1H3. The normalized spacial score (nSPS) is 14.1. The molecule has 0 saturated carbocycles. The Hall–Kier alpha value is -2.80. The quantitative estimate of drug-likeness (QED) is 0.249. The summed E-state index contributed by atoms with van der Waals surface area (Å²) in [6, 6.07) is 8.52.